The topological polar surface area (TPSA) is 0 Å². The summed E-state index contributed by atoms with van der Waals surface area (Å²) in [6, 6.07) is 13.0. The zero-order chi connectivity index (χ0) is 9.26. The summed E-state index contributed by atoms with van der Waals surface area (Å²) in [7, 11) is 0. The molecule has 0 aliphatic rings. The van der Waals surface area contributed by atoms with Gasteiger partial charge >= 0.3 is 0 Å². The van der Waals surface area contributed by atoms with Gasteiger partial charge in [-0.25, -0.2) is 0 Å². The van der Waals surface area contributed by atoms with Crippen molar-refractivity contribution in [1.82, 2.24) is 0 Å². The summed E-state index contributed by atoms with van der Waals surface area (Å²) in [5.74, 6) is 0. The number of alkyl halides is 1. The number of rotatable bonds is 1. The van der Waals surface area contributed by atoms with Crippen molar-refractivity contribution >= 4 is 26.7 Å². The highest BCUT2D eigenvalue weighted by molar-refractivity contribution is 9.08. The van der Waals surface area contributed by atoms with Gasteiger partial charge in [0.15, 0.2) is 0 Å². The van der Waals surface area contributed by atoms with Crippen LogP contribution in [0.1, 0.15) is 11.1 Å². The van der Waals surface area contributed by atoms with E-state index in [-0.39, 0.29) is 0 Å². The molecule has 0 heterocycles. The van der Waals surface area contributed by atoms with Gasteiger partial charge in [-0.05, 0) is 23.3 Å². The van der Waals surface area contributed by atoms with E-state index in [2.05, 4.69) is 59.3 Å². The fourth-order valence-corrected chi connectivity index (χ4v) is 2.13. The van der Waals surface area contributed by atoms with Gasteiger partial charge in [-0.3, -0.25) is 0 Å². The Kier molecular flexibility index (Phi) is 2.36. The molecule has 0 nitrogen and oxygen atoms in total. The Balaban J connectivity index is 2.81. The van der Waals surface area contributed by atoms with Crippen molar-refractivity contribution in [3.63, 3.8) is 0 Å². The molecule has 0 spiro atoms. The summed E-state index contributed by atoms with van der Waals surface area (Å²) in [5, 5.41) is 3.61. The highest BCUT2D eigenvalue weighted by atomic mass is 79.9. The van der Waals surface area contributed by atoms with E-state index in [1.807, 2.05) is 0 Å². The predicted molar refractivity (Wildman–Crippen MR) is 61.3 cm³/mol. The van der Waals surface area contributed by atoms with Crippen LogP contribution in [0.3, 0.4) is 0 Å². The van der Waals surface area contributed by atoms with Crippen molar-refractivity contribution in [2.45, 2.75) is 12.3 Å². The Morgan fingerprint density at radius 2 is 1.92 bits per heavy atom. The molecule has 0 radical (unpaired) electrons. The second kappa shape index (κ2) is 3.51. The van der Waals surface area contributed by atoms with Crippen molar-refractivity contribution < 1.29 is 0 Å². The average Bonchev–Trinajstić information content (AvgIpc) is 2.16. The average molecular weight is 235 g/mol. The van der Waals surface area contributed by atoms with Gasteiger partial charge in [0.1, 0.15) is 0 Å². The molecule has 0 atom stereocenters. The minimum absolute atomic E-state index is 0.926. The van der Waals surface area contributed by atoms with Crippen LogP contribution < -0.4 is 0 Å². The Morgan fingerprint density at radius 3 is 2.69 bits per heavy atom. The molecule has 0 aliphatic carbocycles. The fraction of sp³-hybridized carbons (Fsp3) is 0.167. The molecule has 0 bridgehead atoms. The van der Waals surface area contributed by atoms with Crippen LogP contribution in [0.5, 0.6) is 0 Å². The molecule has 0 unspecified atom stereocenters. The maximum Gasteiger partial charge on any atom is 0.0289 e. The van der Waals surface area contributed by atoms with Gasteiger partial charge in [0.25, 0.3) is 0 Å². The Morgan fingerprint density at radius 1 is 1.15 bits per heavy atom. The first-order valence-electron chi connectivity index (χ1n) is 4.35. The van der Waals surface area contributed by atoms with Crippen LogP contribution in [0.4, 0.5) is 0 Å². The first-order valence-corrected chi connectivity index (χ1v) is 5.47. The maximum absolute atomic E-state index is 3.51. The van der Waals surface area contributed by atoms with Crippen molar-refractivity contribution in [2.24, 2.45) is 0 Å². The third-order valence-corrected chi connectivity index (χ3v) is 2.84. The van der Waals surface area contributed by atoms with E-state index in [1.54, 1.807) is 0 Å². The molecule has 0 aromatic heterocycles. The number of benzene rings is 2. The van der Waals surface area contributed by atoms with Crippen LogP contribution in [-0.4, -0.2) is 0 Å². The normalized spacial score (nSPS) is 10.6. The van der Waals surface area contributed by atoms with Crippen LogP contribution in [0.2, 0.25) is 0 Å². The van der Waals surface area contributed by atoms with E-state index in [0.29, 0.717) is 0 Å². The smallest absolute Gasteiger partial charge is 0.0289 e. The second-order valence-electron chi connectivity index (χ2n) is 3.28. The highest BCUT2D eigenvalue weighted by Crippen LogP contribution is 2.22. The first kappa shape index (κ1) is 8.76. The van der Waals surface area contributed by atoms with Gasteiger partial charge < -0.3 is 0 Å². The van der Waals surface area contributed by atoms with Gasteiger partial charge in [0, 0.05) is 5.33 Å². The predicted octanol–water partition coefficient (Wildman–Crippen LogP) is 4.04. The van der Waals surface area contributed by atoms with Crippen LogP contribution in [-0.2, 0) is 5.33 Å². The quantitative estimate of drug-likeness (QED) is 0.654. The minimum atomic E-state index is 0.926. The lowest BCUT2D eigenvalue weighted by atomic mass is 10.0. The maximum atomic E-state index is 3.51. The Hall–Kier alpha value is -0.820. The van der Waals surface area contributed by atoms with E-state index in [4.69, 9.17) is 0 Å². The molecule has 0 saturated heterocycles. The highest BCUT2D eigenvalue weighted by Gasteiger charge is 1.99. The summed E-state index contributed by atoms with van der Waals surface area (Å²) in [5.41, 5.74) is 2.70. The van der Waals surface area contributed by atoms with E-state index in [0.717, 1.165) is 5.33 Å². The zero-order valence-electron chi connectivity index (χ0n) is 7.55. The minimum Gasteiger partial charge on any atom is -0.0876 e. The van der Waals surface area contributed by atoms with E-state index < -0.39 is 0 Å². The van der Waals surface area contributed by atoms with Gasteiger partial charge in [-0.2, -0.15) is 0 Å². The number of hydrogen-bond acceptors (Lipinski definition) is 0. The molecule has 2 aromatic rings. The Bertz CT molecular complexity index is 432. The zero-order valence-corrected chi connectivity index (χ0v) is 9.14. The number of hydrogen-bond donors (Lipinski definition) is 0. The number of halogens is 1. The molecule has 0 aliphatic heterocycles. The number of aryl methyl sites for hydroxylation is 1. The summed E-state index contributed by atoms with van der Waals surface area (Å²) >= 11 is 3.51. The van der Waals surface area contributed by atoms with Crippen molar-refractivity contribution in [2.75, 3.05) is 0 Å². The second-order valence-corrected chi connectivity index (χ2v) is 3.84. The first-order chi connectivity index (χ1) is 6.31. The van der Waals surface area contributed by atoms with Crippen LogP contribution in [0.15, 0.2) is 36.4 Å². The molecule has 0 N–H and O–H groups in total. The molecule has 0 saturated carbocycles. The molecule has 2 aromatic carbocycles. The molecule has 0 amide bonds. The van der Waals surface area contributed by atoms with E-state index in [9.17, 15) is 0 Å². The molecule has 2 rings (SSSR count). The molecule has 66 valence electrons. The molecule has 13 heavy (non-hydrogen) atoms. The lowest BCUT2D eigenvalue weighted by Crippen LogP contribution is -1.83. The van der Waals surface area contributed by atoms with Crippen molar-refractivity contribution in [1.29, 1.82) is 0 Å². The van der Waals surface area contributed by atoms with Crippen LogP contribution in [0, 0.1) is 6.92 Å². The molecular formula is C12H11Br. The summed E-state index contributed by atoms with van der Waals surface area (Å²) in [4.78, 5) is 0. The van der Waals surface area contributed by atoms with Crippen LogP contribution in [0.25, 0.3) is 10.8 Å². The number of fused-ring (bicyclic) bond motifs is 1. The van der Waals surface area contributed by atoms with Crippen molar-refractivity contribution in [3.8, 4) is 0 Å². The van der Waals surface area contributed by atoms with Gasteiger partial charge in [-0.1, -0.05) is 57.9 Å². The summed E-state index contributed by atoms with van der Waals surface area (Å²) in [6.07, 6.45) is 0. The Labute approximate surface area is 86.7 Å². The molecule has 1 heteroatoms. The van der Waals surface area contributed by atoms with Gasteiger partial charge in [0.2, 0.25) is 0 Å². The fourth-order valence-electron chi connectivity index (χ4n) is 1.67. The summed E-state index contributed by atoms with van der Waals surface area (Å²) < 4.78 is 0. The molecular weight excluding hydrogens is 224 g/mol. The lowest BCUT2D eigenvalue weighted by molar-refractivity contribution is 1.41. The SMILES string of the molecule is Cc1cc(CBr)c2ccccc2c1. The van der Waals surface area contributed by atoms with E-state index in [1.165, 1.54) is 21.9 Å². The third kappa shape index (κ3) is 1.61. The largest absolute Gasteiger partial charge is 0.0876 e. The molecule has 0 fully saturated rings. The lowest BCUT2D eigenvalue weighted by Gasteiger charge is -2.04. The van der Waals surface area contributed by atoms with E-state index >= 15 is 0 Å². The van der Waals surface area contributed by atoms with Gasteiger partial charge in [0.05, 0.1) is 0 Å². The standard InChI is InChI=1S/C12H11Br/c1-9-6-10-4-2-3-5-12(10)11(7-9)8-13/h2-7H,8H2,1H3. The monoisotopic (exact) mass is 234 g/mol. The third-order valence-electron chi connectivity index (χ3n) is 2.24. The van der Waals surface area contributed by atoms with Crippen molar-refractivity contribution in [3.05, 3.63) is 47.5 Å². The van der Waals surface area contributed by atoms with Crippen LogP contribution >= 0.6 is 15.9 Å². The summed E-state index contributed by atoms with van der Waals surface area (Å²) in [6.45, 7) is 2.14. The van der Waals surface area contributed by atoms with Gasteiger partial charge in [-0.15, -0.1) is 0 Å².